The van der Waals surface area contributed by atoms with Crippen LogP contribution in [0.1, 0.15) is 11.3 Å². The first-order chi connectivity index (χ1) is 8.81. The molecule has 0 saturated carbocycles. The molecule has 2 aromatic heterocycles. The van der Waals surface area contributed by atoms with Crippen molar-refractivity contribution < 1.29 is 0 Å². The van der Waals surface area contributed by atoms with Gasteiger partial charge in [0.05, 0.1) is 11.9 Å². The van der Waals surface area contributed by atoms with Gasteiger partial charge in [-0.05, 0) is 18.9 Å². The van der Waals surface area contributed by atoms with E-state index in [-0.39, 0.29) is 0 Å². The van der Waals surface area contributed by atoms with Crippen LogP contribution in [0.15, 0.2) is 36.5 Å². The third-order valence-electron chi connectivity index (χ3n) is 2.70. The number of hydrogen-bond donors (Lipinski definition) is 1. The molecule has 0 unspecified atom stereocenters. The van der Waals surface area contributed by atoms with Crippen molar-refractivity contribution in [3.63, 3.8) is 0 Å². The van der Waals surface area contributed by atoms with E-state index in [2.05, 4.69) is 39.7 Å². The summed E-state index contributed by atoms with van der Waals surface area (Å²) in [7, 11) is 0. The molecule has 0 aliphatic heterocycles. The molecule has 0 bridgehead atoms. The van der Waals surface area contributed by atoms with Gasteiger partial charge in [-0.15, -0.1) is 5.10 Å². The third-order valence-corrected chi connectivity index (χ3v) is 3.58. The topological polar surface area (TPSA) is 42.2 Å². The Balaban J connectivity index is 1.61. The van der Waals surface area contributed by atoms with Crippen molar-refractivity contribution >= 4 is 21.4 Å². The minimum atomic E-state index is 0.889. The van der Waals surface area contributed by atoms with Gasteiger partial charge in [-0.25, -0.2) is 9.50 Å². The van der Waals surface area contributed by atoms with Gasteiger partial charge >= 0.3 is 0 Å². The number of nitrogens with one attached hydrogen (secondary N) is 1. The van der Waals surface area contributed by atoms with Gasteiger partial charge in [0.1, 0.15) is 0 Å². The molecule has 3 rings (SSSR count). The van der Waals surface area contributed by atoms with Gasteiger partial charge in [0.2, 0.25) is 10.1 Å². The van der Waals surface area contributed by atoms with Crippen LogP contribution in [0.2, 0.25) is 0 Å². The van der Waals surface area contributed by atoms with E-state index in [1.54, 1.807) is 11.3 Å². The lowest BCUT2D eigenvalue weighted by Crippen LogP contribution is -2.04. The van der Waals surface area contributed by atoms with Crippen molar-refractivity contribution in [2.75, 3.05) is 11.9 Å². The molecule has 1 N–H and O–H groups in total. The summed E-state index contributed by atoms with van der Waals surface area (Å²) in [6, 6.07) is 10.4. The maximum Gasteiger partial charge on any atom is 0.214 e. The van der Waals surface area contributed by atoms with E-state index < -0.39 is 0 Å². The Labute approximate surface area is 109 Å². The van der Waals surface area contributed by atoms with Crippen molar-refractivity contribution in [2.45, 2.75) is 13.3 Å². The smallest absolute Gasteiger partial charge is 0.214 e. The molecule has 3 aromatic rings. The number of nitrogens with zero attached hydrogens (tertiary/aromatic N) is 3. The summed E-state index contributed by atoms with van der Waals surface area (Å²) in [6.07, 6.45) is 2.94. The largest absolute Gasteiger partial charge is 0.360 e. The van der Waals surface area contributed by atoms with Crippen LogP contribution < -0.4 is 5.32 Å². The Morgan fingerprint density at radius 3 is 2.89 bits per heavy atom. The highest BCUT2D eigenvalue weighted by Crippen LogP contribution is 2.18. The van der Waals surface area contributed by atoms with Gasteiger partial charge in [-0.1, -0.05) is 41.7 Å². The summed E-state index contributed by atoms with van der Waals surface area (Å²) in [5, 5.41) is 8.69. The Kier molecular flexibility index (Phi) is 2.98. The van der Waals surface area contributed by atoms with Gasteiger partial charge in [0.25, 0.3) is 0 Å². The second-order valence-corrected chi connectivity index (χ2v) is 5.13. The van der Waals surface area contributed by atoms with Crippen LogP contribution in [0.4, 0.5) is 5.13 Å². The Bertz CT molecular complexity index is 610. The van der Waals surface area contributed by atoms with Crippen molar-refractivity contribution in [2.24, 2.45) is 0 Å². The molecule has 0 aliphatic carbocycles. The van der Waals surface area contributed by atoms with E-state index in [0.29, 0.717) is 0 Å². The number of hydrogen-bond acceptors (Lipinski definition) is 4. The van der Waals surface area contributed by atoms with Crippen LogP contribution in [0.3, 0.4) is 0 Å². The van der Waals surface area contributed by atoms with Gasteiger partial charge in [0.15, 0.2) is 0 Å². The number of anilines is 1. The highest BCUT2D eigenvalue weighted by Gasteiger charge is 2.05. The Morgan fingerprint density at radius 2 is 2.11 bits per heavy atom. The number of imidazole rings is 1. The van der Waals surface area contributed by atoms with E-state index >= 15 is 0 Å². The monoisotopic (exact) mass is 258 g/mol. The molecular formula is C13H14N4S. The normalized spacial score (nSPS) is 10.9. The molecule has 0 radical (unpaired) electrons. The van der Waals surface area contributed by atoms with Crippen LogP contribution in [-0.2, 0) is 6.42 Å². The molecule has 0 fully saturated rings. The first-order valence-corrected chi connectivity index (χ1v) is 6.73. The average Bonchev–Trinajstić information content (AvgIpc) is 2.87. The zero-order chi connectivity index (χ0) is 12.4. The summed E-state index contributed by atoms with van der Waals surface area (Å²) in [4.78, 5) is 5.32. The fourth-order valence-corrected chi connectivity index (χ4v) is 2.69. The second kappa shape index (κ2) is 4.78. The van der Waals surface area contributed by atoms with Crippen LogP contribution in [-0.4, -0.2) is 21.1 Å². The number of aryl methyl sites for hydroxylation is 1. The van der Waals surface area contributed by atoms with E-state index in [1.807, 2.05) is 23.7 Å². The number of benzene rings is 1. The summed E-state index contributed by atoms with van der Waals surface area (Å²) < 4.78 is 1.82. The lowest BCUT2D eigenvalue weighted by atomic mass is 10.2. The lowest BCUT2D eigenvalue weighted by Gasteiger charge is -2.01. The molecule has 0 spiro atoms. The Morgan fingerprint density at radius 1 is 1.28 bits per heavy atom. The fourth-order valence-electron chi connectivity index (χ4n) is 1.84. The highest BCUT2D eigenvalue weighted by atomic mass is 32.1. The molecule has 0 amide bonds. The van der Waals surface area contributed by atoms with Crippen LogP contribution in [0.25, 0.3) is 4.96 Å². The van der Waals surface area contributed by atoms with Crippen molar-refractivity contribution in [1.82, 2.24) is 14.6 Å². The minimum Gasteiger partial charge on any atom is -0.360 e. The number of fused-ring (bicyclic) bond motifs is 1. The zero-order valence-corrected chi connectivity index (χ0v) is 10.9. The van der Waals surface area contributed by atoms with Crippen LogP contribution in [0, 0.1) is 6.92 Å². The average molecular weight is 258 g/mol. The van der Waals surface area contributed by atoms with E-state index in [9.17, 15) is 0 Å². The predicted octanol–water partition coefficient (Wildman–Crippen LogP) is 2.75. The zero-order valence-electron chi connectivity index (χ0n) is 10.1. The maximum absolute atomic E-state index is 4.43. The quantitative estimate of drug-likeness (QED) is 0.782. The minimum absolute atomic E-state index is 0.889. The molecule has 18 heavy (non-hydrogen) atoms. The number of rotatable bonds is 4. The molecule has 0 saturated heterocycles. The molecule has 0 aliphatic rings. The third kappa shape index (κ3) is 2.36. The van der Waals surface area contributed by atoms with Gasteiger partial charge in [0, 0.05) is 6.54 Å². The molecule has 2 heterocycles. The van der Waals surface area contributed by atoms with Crippen molar-refractivity contribution in [3.05, 3.63) is 47.8 Å². The molecule has 92 valence electrons. The summed E-state index contributed by atoms with van der Waals surface area (Å²) in [5.74, 6) is 0. The van der Waals surface area contributed by atoms with Crippen molar-refractivity contribution in [3.8, 4) is 0 Å². The molecule has 5 heteroatoms. The summed E-state index contributed by atoms with van der Waals surface area (Å²) in [5.41, 5.74) is 2.34. The van der Waals surface area contributed by atoms with Crippen LogP contribution >= 0.6 is 11.3 Å². The fraction of sp³-hybridized carbons (Fsp3) is 0.231. The van der Waals surface area contributed by atoms with Crippen molar-refractivity contribution in [1.29, 1.82) is 0 Å². The maximum atomic E-state index is 4.43. The van der Waals surface area contributed by atoms with Crippen LogP contribution in [0.5, 0.6) is 0 Å². The number of aromatic nitrogens is 3. The highest BCUT2D eigenvalue weighted by molar-refractivity contribution is 7.20. The molecular weight excluding hydrogens is 244 g/mol. The molecule has 0 atom stereocenters. The lowest BCUT2D eigenvalue weighted by molar-refractivity contribution is 0.946. The second-order valence-electron chi connectivity index (χ2n) is 4.18. The van der Waals surface area contributed by atoms with Gasteiger partial charge in [-0.3, -0.25) is 0 Å². The van der Waals surface area contributed by atoms with E-state index in [4.69, 9.17) is 0 Å². The summed E-state index contributed by atoms with van der Waals surface area (Å²) in [6.45, 7) is 2.86. The standard InChI is InChI=1S/C13H14N4S/c1-10-9-17-13(15-10)18-12(16-17)14-8-7-11-5-3-2-4-6-11/h2-6,9H,7-8H2,1H3,(H,14,16). The first kappa shape index (κ1) is 11.2. The predicted molar refractivity (Wildman–Crippen MR) is 74.2 cm³/mol. The van der Waals surface area contributed by atoms with E-state index in [0.717, 1.165) is 28.8 Å². The van der Waals surface area contributed by atoms with Gasteiger partial charge < -0.3 is 5.32 Å². The SMILES string of the molecule is Cc1cn2nc(NCCc3ccccc3)sc2n1. The first-order valence-electron chi connectivity index (χ1n) is 5.92. The molecule has 4 nitrogen and oxygen atoms in total. The van der Waals surface area contributed by atoms with Gasteiger partial charge in [-0.2, -0.15) is 0 Å². The van der Waals surface area contributed by atoms with E-state index in [1.165, 1.54) is 5.56 Å². The summed E-state index contributed by atoms with van der Waals surface area (Å²) >= 11 is 1.58. The molecule has 1 aromatic carbocycles. The Hall–Kier alpha value is -1.88.